The SMILES string of the molecule is CCOCCNC(=NCC(=O)N(C)C)NCC(C)C.I. The van der Waals surface area contributed by atoms with Gasteiger partial charge in [-0.05, 0) is 12.8 Å². The molecule has 0 aromatic rings. The molecule has 0 aromatic heterocycles. The van der Waals surface area contributed by atoms with Crippen molar-refractivity contribution in [3.8, 4) is 0 Å². The number of amides is 1. The van der Waals surface area contributed by atoms with Crippen LogP contribution >= 0.6 is 24.0 Å². The Hall–Kier alpha value is -0.570. The number of rotatable bonds is 8. The number of carbonyl (C=O) groups is 1. The molecule has 0 saturated carbocycles. The van der Waals surface area contributed by atoms with Gasteiger partial charge in [0.2, 0.25) is 5.91 Å². The van der Waals surface area contributed by atoms with Gasteiger partial charge in [0.15, 0.2) is 5.96 Å². The van der Waals surface area contributed by atoms with Crippen LogP contribution < -0.4 is 10.6 Å². The van der Waals surface area contributed by atoms with E-state index in [1.54, 1.807) is 14.1 Å². The molecule has 2 N–H and O–H groups in total. The fourth-order valence-corrected chi connectivity index (χ4v) is 1.15. The maximum Gasteiger partial charge on any atom is 0.243 e. The molecule has 0 unspecified atom stereocenters. The topological polar surface area (TPSA) is 66.0 Å². The first-order chi connectivity index (χ1) is 8.97. The molecule has 0 atom stereocenters. The second-order valence-corrected chi connectivity index (χ2v) is 4.85. The Labute approximate surface area is 139 Å². The summed E-state index contributed by atoms with van der Waals surface area (Å²) >= 11 is 0. The summed E-state index contributed by atoms with van der Waals surface area (Å²) in [6.45, 7) is 9.17. The van der Waals surface area contributed by atoms with Gasteiger partial charge in [0, 0.05) is 33.8 Å². The highest BCUT2D eigenvalue weighted by Crippen LogP contribution is 1.88. The molecule has 0 radical (unpaired) electrons. The van der Waals surface area contributed by atoms with Gasteiger partial charge in [0.25, 0.3) is 0 Å². The number of aliphatic imine (C=N–C) groups is 1. The molecule has 7 heteroatoms. The zero-order chi connectivity index (χ0) is 14.7. The van der Waals surface area contributed by atoms with Gasteiger partial charge in [-0.15, -0.1) is 24.0 Å². The van der Waals surface area contributed by atoms with Crippen LogP contribution in [0.4, 0.5) is 0 Å². The molecular formula is C13H29IN4O2. The summed E-state index contributed by atoms with van der Waals surface area (Å²) in [6, 6.07) is 0. The van der Waals surface area contributed by atoms with E-state index in [-0.39, 0.29) is 36.4 Å². The van der Waals surface area contributed by atoms with E-state index in [4.69, 9.17) is 4.74 Å². The van der Waals surface area contributed by atoms with Crippen LogP contribution in [0.3, 0.4) is 0 Å². The summed E-state index contributed by atoms with van der Waals surface area (Å²) in [5.41, 5.74) is 0. The molecule has 0 saturated heterocycles. The molecular weight excluding hydrogens is 371 g/mol. The Balaban J connectivity index is 0. The zero-order valence-corrected chi connectivity index (χ0v) is 15.6. The standard InChI is InChI=1S/C13H28N4O2.HI/c1-6-19-8-7-14-13(15-9-11(2)3)16-10-12(18)17(4)5;/h11H,6-10H2,1-5H3,(H2,14,15,16);1H. The largest absolute Gasteiger partial charge is 0.380 e. The van der Waals surface area contributed by atoms with Gasteiger partial charge < -0.3 is 20.3 Å². The Morgan fingerprint density at radius 3 is 2.45 bits per heavy atom. The quantitative estimate of drug-likeness (QED) is 0.275. The fraction of sp³-hybridized carbons (Fsp3) is 0.846. The lowest BCUT2D eigenvalue weighted by molar-refractivity contribution is -0.127. The van der Waals surface area contributed by atoms with Crippen molar-refractivity contribution in [2.24, 2.45) is 10.9 Å². The Kier molecular flexibility index (Phi) is 14.6. The third kappa shape index (κ3) is 12.5. The highest BCUT2D eigenvalue weighted by molar-refractivity contribution is 14.0. The highest BCUT2D eigenvalue weighted by Gasteiger charge is 2.04. The van der Waals surface area contributed by atoms with Crippen molar-refractivity contribution in [1.82, 2.24) is 15.5 Å². The monoisotopic (exact) mass is 400 g/mol. The van der Waals surface area contributed by atoms with Crippen molar-refractivity contribution < 1.29 is 9.53 Å². The number of guanidine groups is 1. The molecule has 0 rings (SSSR count). The molecule has 1 amide bonds. The number of hydrogen-bond donors (Lipinski definition) is 2. The van der Waals surface area contributed by atoms with E-state index in [9.17, 15) is 4.79 Å². The summed E-state index contributed by atoms with van der Waals surface area (Å²) in [5, 5.41) is 6.35. The minimum Gasteiger partial charge on any atom is -0.380 e. The molecule has 0 aliphatic rings. The Morgan fingerprint density at radius 2 is 1.95 bits per heavy atom. The van der Waals surface area contributed by atoms with E-state index in [1.807, 2.05) is 6.92 Å². The summed E-state index contributed by atoms with van der Waals surface area (Å²) in [7, 11) is 3.45. The average molecular weight is 400 g/mol. The van der Waals surface area contributed by atoms with Crippen LogP contribution in [0, 0.1) is 5.92 Å². The summed E-state index contributed by atoms with van der Waals surface area (Å²) in [6.07, 6.45) is 0. The van der Waals surface area contributed by atoms with E-state index in [2.05, 4.69) is 29.5 Å². The molecule has 120 valence electrons. The maximum atomic E-state index is 11.5. The van der Waals surface area contributed by atoms with E-state index < -0.39 is 0 Å². The minimum absolute atomic E-state index is 0. The van der Waals surface area contributed by atoms with Crippen molar-refractivity contribution >= 4 is 35.8 Å². The molecule has 0 heterocycles. The smallest absolute Gasteiger partial charge is 0.243 e. The van der Waals surface area contributed by atoms with Gasteiger partial charge in [-0.2, -0.15) is 0 Å². The molecule has 0 fully saturated rings. The number of nitrogens with one attached hydrogen (secondary N) is 2. The predicted octanol–water partition coefficient (Wildman–Crippen LogP) is 0.920. The molecule has 0 aliphatic heterocycles. The second kappa shape index (κ2) is 13.4. The lowest BCUT2D eigenvalue weighted by Crippen LogP contribution is -2.41. The number of ether oxygens (including phenoxy) is 1. The van der Waals surface area contributed by atoms with E-state index in [0.717, 1.165) is 6.54 Å². The first-order valence-corrected chi connectivity index (χ1v) is 6.77. The first-order valence-electron chi connectivity index (χ1n) is 6.77. The van der Waals surface area contributed by atoms with Crippen LogP contribution in [-0.4, -0.2) is 63.7 Å². The molecule has 0 aliphatic carbocycles. The van der Waals surface area contributed by atoms with Crippen molar-refractivity contribution in [1.29, 1.82) is 0 Å². The Morgan fingerprint density at radius 1 is 1.30 bits per heavy atom. The van der Waals surface area contributed by atoms with E-state index in [0.29, 0.717) is 31.6 Å². The van der Waals surface area contributed by atoms with Gasteiger partial charge in [0.1, 0.15) is 6.54 Å². The summed E-state index contributed by atoms with van der Waals surface area (Å²) in [5.74, 6) is 1.16. The fourth-order valence-electron chi connectivity index (χ4n) is 1.15. The summed E-state index contributed by atoms with van der Waals surface area (Å²) in [4.78, 5) is 17.3. The first kappa shape index (κ1) is 21.7. The molecule has 0 spiro atoms. The number of carbonyl (C=O) groups excluding carboxylic acids is 1. The third-order valence-corrected chi connectivity index (χ3v) is 2.29. The second-order valence-electron chi connectivity index (χ2n) is 4.85. The lowest BCUT2D eigenvalue weighted by Gasteiger charge is -2.15. The van der Waals surface area contributed by atoms with Crippen molar-refractivity contribution in [3.63, 3.8) is 0 Å². The normalized spacial score (nSPS) is 11.0. The van der Waals surface area contributed by atoms with Gasteiger partial charge >= 0.3 is 0 Å². The van der Waals surface area contributed by atoms with Crippen molar-refractivity contribution in [3.05, 3.63) is 0 Å². The van der Waals surface area contributed by atoms with Gasteiger partial charge in [-0.3, -0.25) is 4.79 Å². The van der Waals surface area contributed by atoms with Gasteiger partial charge in [-0.1, -0.05) is 13.8 Å². The van der Waals surface area contributed by atoms with E-state index >= 15 is 0 Å². The van der Waals surface area contributed by atoms with Crippen LogP contribution in [0.2, 0.25) is 0 Å². The number of halogens is 1. The highest BCUT2D eigenvalue weighted by atomic mass is 127. The third-order valence-electron chi connectivity index (χ3n) is 2.29. The van der Waals surface area contributed by atoms with Crippen molar-refractivity contribution in [2.75, 3.05) is 46.9 Å². The molecule has 0 aromatic carbocycles. The van der Waals surface area contributed by atoms with Crippen molar-refractivity contribution in [2.45, 2.75) is 20.8 Å². The lowest BCUT2D eigenvalue weighted by atomic mass is 10.2. The maximum absolute atomic E-state index is 11.5. The number of hydrogen-bond acceptors (Lipinski definition) is 3. The van der Waals surface area contributed by atoms with Gasteiger partial charge in [-0.25, -0.2) is 4.99 Å². The van der Waals surface area contributed by atoms with E-state index in [1.165, 1.54) is 4.90 Å². The average Bonchev–Trinajstić information content (AvgIpc) is 2.35. The predicted molar refractivity (Wildman–Crippen MR) is 93.7 cm³/mol. The van der Waals surface area contributed by atoms with Crippen LogP contribution in [0.15, 0.2) is 4.99 Å². The van der Waals surface area contributed by atoms with Crippen LogP contribution in [0.5, 0.6) is 0 Å². The minimum atomic E-state index is -0.0181. The molecule has 0 bridgehead atoms. The zero-order valence-electron chi connectivity index (χ0n) is 13.2. The van der Waals surface area contributed by atoms with Gasteiger partial charge in [0.05, 0.1) is 6.61 Å². The number of likely N-dealkylation sites (N-methyl/N-ethyl adjacent to an activating group) is 1. The Bertz CT molecular complexity index is 284. The molecule has 20 heavy (non-hydrogen) atoms. The number of nitrogens with zero attached hydrogens (tertiary/aromatic N) is 2. The summed E-state index contributed by atoms with van der Waals surface area (Å²) < 4.78 is 5.25. The molecule has 6 nitrogen and oxygen atoms in total. The van der Waals surface area contributed by atoms with Crippen LogP contribution in [-0.2, 0) is 9.53 Å². The van der Waals surface area contributed by atoms with Crippen LogP contribution in [0.25, 0.3) is 0 Å². The van der Waals surface area contributed by atoms with Crippen LogP contribution in [0.1, 0.15) is 20.8 Å².